The van der Waals surface area contributed by atoms with E-state index < -0.39 is 0 Å². The zero-order chi connectivity index (χ0) is 10.2. The molecule has 0 amide bonds. The van der Waals surface area contributed by atoms with E-state index in [4.69, 9.17) is 4.74 Å². The van der Waals surface area contributed by atoms with Gasteiger partial charge in [0.2, 0.25) is 5.88 Å². The van der Waals surface area contributed by atoms with Gasteiger partial charge in [-0.3, -0.25) is 0 Å². The van der Waals surface area contributed by atoms with Crippen LogP contribution < -0.4 is 10.1 Å². The SMILES string of the molecule is COc1ncccc1CNCCCBr. The molecule has 0 aliphatic heterocycles. The average Bonchev–Trinajstić information content (AvgIpc) is 2.25. The van der Waals surface area contributed by atoms with Crippen LogP contribution in [0.5, 0.6) is 5.88 Å². The van der Waals surface area contributed by atoms with Gasteiger partial charge in [0.05, 0.1) is 7.11 Å². The van der Waals surface area contributed by atoms with Crippen molar-refractivity contribution in [2.45, 2.75) is 13.0 Å². The molecule has 1 heterocycles. The molecule has 1 aromatic heterocycles. The van der Waals surface area contributed by atoms with Gasteiger partial charge in [0.25, 0.3) is 0 Å². The maximum atomic E-state index is 5.14. The van der Waals surface area contributed by atoms with Crippen LogP contribution in [-0.2, 0) is 6.54 Å². The van der Waals surface area contributed by atoms with E-state index in [9.17, 15) is 0 Å². The summed E-state index contributed by atoms with van der Waals surface area (Å²) in [6, 6.07) is 3.94. The number of halogens is 1. The van der Waals surface area contributed by atoms with Crippen molar-refractivity contribution in [2.24, 2.45) is 0 Å². The van der Waals surface area contributed by atoms with Gasteiger partial charge in [0, 0.05) is 23.6 Å². The highest BCUT2D eigenvalue weighted by molar-refractivity contribution is 9.09. The summed E-state index contributed by atoms with van der Waals surface area (Å²) in [6.07, 6.45) is 2.86. The highest BCUT2D eigenvalue weighted by Crippen LogP contribution is 2.12. The number of alkyl halides is 1. The van der Waals surface area contributed by atoms with Crippen molar-refractivity contribution in [1.29, 1.82) is 0 Å². The lowest BCUT2D eigenvalue weighted by atomic mass is 10.2. The third-order valence-corrected chi connectivity index (χ3v) is 2.41. The Labute approximate surface area is 93.0 Å². The molecule has 1 N–H and O–H groups in total. The van der Waals surface area contributed by atoms with Crippen LogP contribution in [0.4, 0.5) is 0 Å². The summed E-state index contributed by atoms with van der Waals surface area (Å²) in [5.74, 6) is 0.707. The first-order valence-electron chi connectivity index (χ1n) is 4.63. The number of ether oxygens (including phenoxy) is 1. The van der Waals surface area contributed by atoms with E-state index in [-0.39, 0.29) is 0 Å². The first kappa shape index (κ1) is 11.5. The average molecular weight is 259 g/mol. The van der Waals surface area contributed by atoms with Gasteiger partial charge in [-0.05, 0) is 19.0 Å². The fraction of sp³-hybridized carbons (Fsp3) is 0.500. The highest BCUT2D eigenvalue weighted by atomic mass is 79.9. The zero-order valence-corrected chi connectivity index (χ0v) is 9.88. The Morgan fingerprint density at radius 2 is 2.43 bits per heavy atom. The van der Waals surface area contributed by atoms with Crippen LogP contribution in [-0.4, -0.2) is 24.0 Å². The Bertz CT molecular complexity index is 268. The molecule has 14 heavy (non-hydrogen) atoms. The van der Waals surface area contributed by atoms with E-state index in [0.29, 0.717) is 5.88 Å². The lowest BCUT2D eigenvalue weighted by molar-refractivity contribution is 0.390. The molecule has 4 heteroatoms. The molecule has 0 unspecified atom stereocenters. The van der Waals surface area contributed by atoms with Crippen molar-refractivity contribution >= 4 is 15.9 Å². The third kappa shape index (κ3) is 3.64. The Morgan fingerprint density at radius 3 is 3.14 bits per heavy atom. The summed E-state index contributed by atoms with van der Waals surface area (Å²) in [5.41, 5.74) is 1.10. The molecular weight excluding hydrogens is 244 g/mol. The molecule has 0 bridgehead atoms. The van der Waals surface area contributed by atoms with Gasteiger partial charge in [-0.1, -0.05) is 22.0 Å². The largest absolute Gasteiger partial charge is 0.481 e. The Kier molecular flexibility index (Phi) is 5.56. The van der Waals surface area contributed by atoms with Crippen molar-refractivity contribution in [3.8, 4) is 5.88 Å². The van der Waals surface area contributed by atoms with E-state index in [1.807, 2.05) is 12.1 Å². The molecule has 0 aliphatic rings. The van der Waals surface area contributed by atoms with E-state index in [0.717, 1.165) is 30.4 Å². The van der Waals surface area contributed by atoms with Crippen molar-refractivity contribution < 1.29 is 4.74 Å². The smallest absolute Gasteiger partial charge is 0.217 e. The minimum Gasteiger partial charge on any atom is -0.481 e. The summed E-state index contributed by atoms with van der Waals surface area (Å²) in [4.78, 5) is 4.12. The van der Waals surface area contributed by atoms with E-state index >= 15 is 0 Å². The number of nitrogens with zero attached hydrogens (tertiary/aromatic N) is 1. The molecule has 78 valence electrons. The molecule has 0 atom stereocenters. The molecule has 0 saturated heterocycles. The van der Waals surface area contributed by atoms with Gasteiger partial charge < -0.3 is 10.1 Å². The fourth-order valence-corrected chi connectivity index (χ4v) is 1.44. The van der Waals surface area contributed by atoms with Crippen LogP contribution in [0.3, 0.4) is 0 Å². The normalized spacial score (nSPS) is 10.1. The molecule has 1 aromatic rings. The summed E-state index contributed by atoms with van der Waals surface area (Å²) in [5, 5.41) is 4.36. The lowest BCUT2D eigenvalue weighted by Crippen LogP contribution is -2.15. The Hall–Kier alpha value is -0.610. The standard InChI is InChI=1S/C10H15BrN2O/c1-14-10-9(4-2-7-13-10)8-12-6-3-5-11/h2,4,7,12H,3,5-6,8H2,1H3. The van der Waals surface area contributed by atoms with Crippen molar-refractivity contribution in [2.75, 3.05) is 19.0 Å². The summed E-state index contributed by atoms with van der Waals surface area (Å²) >= 11 is 3.39. The van der Waals surface area contributed by atoms with Crippen LogP contribution >= 0.6 is 15.9 Å². The van der Waals surface area contributed by atoms with Crippen LogP contribution in [0.25, 0.3) is 0 Å². The van der Waals surface area contributed by atoms with Gasteiger partial charge in [0.15, 0.2) is 0 Å². The van der Waals surface area contributed by atoms with Gasteiger partial charge in [-0.15, -0.1) is 0 Å². The minimum atomic E-state index is 0.707. The molecule has 0 fully saturated rings. The van der Waals surface area contributed by atoms with Crippen molar-refractivity contribution in [1.82, 2.24) is 10.3 Å². The second kappa shape index (κ2) is 6.79. The quantitative estimate of drug-likeness (QED) is 0.626. The van der Waals surface area contributed by atoms with E-state index in [2.05, 4.69) is 26.2 Å². The van der Waals surface area contributed by atoms with E-state index in [1.54, 1.807) is 13.3 Å². The Morgan fingerprint density at radius 1 is 1.57 bits per heavy atom. The molecule has 0 aromatic carbocycles. The summed E-state index contributed by atoms with van der Waals surface area (Å²) < 4.78 is 5.14. The first-order valence-corrected chi connectivity index (χ1v) is 5.75. The van der Waals surface area contributed by atoms with Crippen LogP contribution in [0.1, 0.15) is 12.0 Å². The van der Waals surface area contributed by atoms with Crippen molar-refractivity contribution in [3.05, 3.63) is 23.9 Å². The van der Waals surface area contributed by atoms with E-state index in [1.165, 1.54) is 0 Å². The summed E-state index contributed by atoms with van der Waals surface area (Å²) in [6.45, 7) is 1.81. The second-order valence-corrected chi connectivity index (χ2v) is 3.68. The van der Waals surface area contributed by atoms with Gasteiger partial charge >= 0.3 is 0 Å². The summed E-state index contributed by atoms with van der Waals surface area (Å²) in [7, 11) is 1.64. The zero-order valence-electron chi connectivity index (χ0n) is 8.29. The molecule has 3 nitrogen and oxygen atoms in total. The predicted molar refractivity (Wildman–Crippen MR) is 60.9 cm³/mol. The lowest BCUT2D eigenvalue weighted by Gasteiger charge is -2.07. The minimum absolute atomic E-state index is 0.707. The molecule has 0 radical (unpaired) electrons. The third-order valence-electron chi connectivity index (χ3n) is 1.85. The molecular formula is C10H15BrN2O. The number of nitrogens with one attached hydrogen (secondary N) is 1. The van der Waals surface area contributed by atoms with Crippen molar-refractivity contribution in [3.63, 3.8) is 0 Å². The van der Waals surface area contributed by atoms with Gasteiger partial charge in [-0.2, -0.15) is 0 Å². The maximum Gasteiger partial charge on any atom is 0.217 e. The number of aromatic nitrogens is 1. The van der Waals surface area contributed by atoms with Gasteiger partial charge in [-0.25, -0.2) is 4.98 Å². The number of rotatable bonds is 6. The first-order chi connectivity index (χ1) is 6.88. The van der Waals surface area contributed by atoms with Crippen LogP contribution in [0, 0.1) is 0 Å². The second-order valence-electron chi connectivity index (χ2n) is 2.89. The fourth-order valence-electron chi connectivity index (χ4n) is 1.16. The van der Waals surface area contributed by atoms with Gasteiger partial charge in [0.1, 0.15) is 0 Å². The molecule has 0 aliphatic carbocycles. The maximum absolute atomic E-state index is 5.14. The Balaban J connectivity index is 2.41. The van der Waals surface area contributed by atoms with Crippen LogP contribution in [0.15, 0.2) is 18.3 Å². The molecule has 0 saturated carbocycles. The highest BCUT2D eigenvalue weighted by Gasteiger charge is 2.01. The number of hydrogen-bond acceptors (Lipinski definition) is 3. The monoisotopic (exact) mass is 258 g/mol. The van der Waals surface area contributed by atoms with Crippen LogP contribution in [0.2, 0.25) is 0 Å². The predicted octanol–water partition coefficient (Wildman–Crippen LogP) is 1.96. The topological polar surface area (TPSA) is 34.1 Å². The number of hydrogen-bond donors (Lipinski definition) is 1. The number of methoxy groups -OCH3 is 1. The number of pyridine rings is 1. The molecule has 0 spiro atoms. The molecule has 1 rings (SSSR count).